The van der Waals surface area contributed by atoms with Crippen LogP contribution in [0.1, 0.15) is 141 Å². The molecule has 0 aromatic heterocycles. The fourth-order valence-electron chi connectivity index (χ4n) is 8.84. The van der Waals surface area contributed by atoms with E-state index < -0.39 is 5.60 Å². The molecule has 1 aliphatic heterocycles. The number of hydrogen-bond donors (Lipinski definition) is 1. The summed E-state index contributed by atoms with van der Waals surface area (Å²) in [6.07, 6.45) is 14.8. The monoisotopic (exact) mass is 562 g/mol. The van der Waals surface area contributed by atoms with E-state index in [0.29, 0.717) is 29.2 Å². The summed E-state index contributed by atoms with van der Waals surface area (Å²) in [7, 11) is 0. The van der Waals surface area contributed by atoms with E-state index in [9.17, 15) is 9.90 Å². The predicted octanol–water partition coefficient (Wildman–Crippen LogP) is 9.69. The molecule has 0 amide bonds. The molecule has 1 aromatic rings. The molecule has 0 saturated heterocycles. The number of hydrogen-bond acceptors (Lipinski definition) is 4. The topological polar surface area (TPSA) is 55.8 Å². The fraction of sp³-hybridized carbons (Fsp3) is 0.703. The minimum atomic E-state index is -0.546. The standard InChI is InChI=1S/C37H54O4/c1-9-10-11-12-25-21-31-33(28-20-24(5)13-15-29(28)36(6,7)40-31)34(38)32(25)35(39)41-37(8)18-17-26(22(2)3)27-19-23(4)14-16-30(27)37/h19-22,26-30,38H,9-18H2,1-8H3/t26-,27-,28+,29+,30+,37-/m0/s1. The lowest BCUT2D eigenvalue weighted by Crippen LogP contribution is -2.50. The minimum absolute atomic E-state index is 0.0339. The molecule has 226 valence electrons. The van der Waals surface area contributed by atoms with E-state index in [1.807, 2.05) is 0 Å². The van der Waals surface area contributed by atoms with Crippen LogP contribution in [0.4, 0.5) is 0 Å². The molecular weight excluding hydrogens is 508 g/mol. The van der Waals surface area contributed by atoms with Crippen molar-refractivity contribution in [1.82, 2.24) is 0 Å². The molecule has 1 aromatic carbocycles. The molecule has 5 rings (SSSR count). The smallest absolute Gasteiger partial charge is 0.342 e. The number of phenolic OH excluding ortho intramolecular Hbond substituents is 1. The summed E-state index contributed by atoms with van der Waals surface area (Å²) in [5.74, 6) is 2.70. The highest BCUT2D eigenvalue weighted by molar-refractivity contribution is 5.96. The summed E-state index contributed by atoms with van der Waals surface area (Å²) in [5, 5.41) is 12.0. The maximum Gasteiger partial charge on any atom is 0.342 e. The Morgan fingerprint density at radius 3 is 2.41 bits per heavy atom. The number of aromatic hydroxyl groups is 1. The third-order valence-electron chi connectivity index (χ3n) is 11.2. The quantitative estimate of drug-likeness (QED) is 0.204. The number of benzene rings is 1. The van der Waals surface area contributed by atoms with Crippen molar-refractivity contribution in [2.24, 2.45) is 29.6 Å². The summed E-state index contributed by atoms with van der Waals surface area (Å²) in [6.45, 7) is 17.8. The van der Waals surface area contributed by atoms with E-state index in [2.05, 4.69) is 73.6 Å². The van der Waals surface area contributed by atoms with Crippen LogP contribution in [0.5, 0.6) is 11.5 Å². The molecule has 1 N–H and O–H groups in total. The van der Waals surface area contributed by atoms with Crippen LogP contribution >= 0.6 is 0 Å². The van der Waals surface area contributed by atoms with Crippen molar-refractivity contribution in [1.29, 1.82) is 0 Å². The first-order chi connectivity index (χ1) is 19.4. The van der Waals surface area contributed by atoms with Gasteiger partial charge in [0.2, 0.25) is 0 Å². The van der Waals surface area contributed by atoms with Crippen molar-refractivity contribution < 1.29 is 19.4 Å². The number of carbonyl (C=O) groups excluding carboxylic acids is 1. The van der Waals surface area contributed by atoms with Gasteiger partial charge in [0.25, 0.3) is 0 Å². The van der Waals surface area contributed by atoms with Gasteiger partial charge in [-0.3, -0.25) is 0 Å². The number of ether oxygens (including phenoxy) is 2. The van der Waals surface area contributed by atoms with E-state index in [1.165, 1.54) is 11.1 Å². The molecule has 1 saturated carbocycles. The van der Waals surface area contributed by atoms with E-state index in [0.717, 1.165) is 81.1 Å². The van der Waals surface area contributed by atoms with Crippen molar-refractivity contribution in [2.75, 3.05) is 0 Å². The van der Waals surface area contributed by atoms with Crippen molar-refractivity contribution in [3.8, 4) is 11.5 Å². The zero-order chi connectivity index (χ0) is 29.7. The van der Waals surface area contributed by atoms with Gasteiger partial charge in [-0.05, 0) is 115 Å². The number of carbonyl (C=O) groups is 1. The van der Waals surface area contributed by atoms with E-state index in [-0.39, 0.29) is 29.2 Å². The Morgan fingerprint density at radius 1 is 1.05 bits per heavy atom. The molecule has 0 radical (unpaired) electrons. The molecule has 4 aliphatic rings. The van der Waals surface area contributed by atoms with Crippen LogP contribution in [0, 0.1) is 29.6 Å². The van der Waals surface area contributed by atoms with E-state index in [4.69, 9.17) is 9.47 Å². The number of unbranched alkanes of at least 4 members (excludes halogenated alkanes) is 2. The average molecular weight is 563 g/mol. The lowest BCUT2D eigenvalue weighted by atomic mass is 9.58. The second-order valence-electron chi connectivity index (χ2n) is 14.9. The summed E-state index contributed by atoms with van der Waals surface area (Å²) in [5.41, 5.74) is 3.94. The van der Waals surface area contributed by atoms with Gasteiger partial charge in [0.1, 0.15) is 28.3 Å². The third-order valence-corrected chi connectivity index (χ3v) is 11.2. The second-order valence-corrected chi connectivity index (χ2v) is 14.9. The highest BCUT2D eigenvalue weighted by Gasteiger charge is 2.51. The fourth-order valence-corrected chi connectivity index (χ4v) is 8.84. The predicted molar refractivity (Wildman–Crippen MR) is 167 cm³/mol. The van der Waals surface area contributed by atoms with Crippen LogP contribution < -0.4 is 4.74 Å². The Balaban J connectivity index is 1.55. The molecule has 1 fully saturated rings. The average Bonchev–Trinajstić information content (AvgIpc) is 2.87. The largest absolute Gasteiger partial charge is 0.507 e. The maximum atomic E-state index is 14.3. The SMILES string of the molecule is CCCCCc1cc2c(c(O)c1C(=O)O[C@@]1(C)CC[C@@H](C(C)C)[C@@H]3C=C(C)CC[C@H]31)[C@@H]1C=C(C)CC[C@H]1C(C)(C)O2. The highest BCUT2D eigenvalue weighted by Crippen LogP contribution is 2.56. The Kier molecular flexibility index (Phi) is 8.45. The van der Waals surface area contributed by atoms with Gasteiger partial charge in [-0.2, -0.15) is 0 Å². The van der Waals surface area contributed by atoms with Crippen LogP contribution in [0.15, 0.2) is 29.4 Å². The van der Waals surface area contributed by atoms with Gasteiger partial charge in [-0.25, -0.2) is 4.79 Å². The molecular formula is C37H54O4. The number of allylic oxidation sites excluding steroid dienone is 4. The Hall–Kier alpha value is -2.23. The van der Waals surface area contributed by atoms with Crippen LogP contribution in [-0.4, -0.2) is 22.3 Å². The number of aryl methyl sites for hydroxylation is 1. The zero-order valence-electron chi connectivity index (χ0n) is 26.9. The molecule has 6 atom stereocenters. The van der Waals surface area contributed by atoms with Gasteiger partial charge in [-0.1, -0.05) is 56.9 Å². The number of fused-ring (bicyclic) bond motifs is 4. The summed E-state index contributed by atoms with van der Waals surface area (Å²) < 4.78 is 13.3. The Bertz CT molecular complexity index is 1220. The molecule has 4 heteroatoms. The zero-order valence-corrected chi connectivity index (χ0v) is 26.9. The van der Waals surface area contributed by atoms with E-state index in [1.54, 1.807) is 0 Å². The lowest BCUT2D eigenvalue weighted by Gasteiger charge is -2.51. The summed E-state index contributed by atoms with van der Waals surface area (Å²) >= 11 is 0. The normalized spacial score (nSPS) is 32.2. The Labute approximate surface area is 249 Å². The summed E-state index contributed by atoms with van der Waals surface area (Å²) in [6, 6.07) is 2.06. The molecule has 41 heavy (non-hydrogen) atoms. The van der Waals surface area contributed by atoms with Crippen LogP contribution in [0.3, 0.4) is 0 Å². The molecule has 0 unspecified atom stereocenters. The van der Waals surface area contributed by atoms with Crippen molar-refractivity contribution >= 4 is 5.97 Å². The molecule has 1 heterocycles. The van der Waals surface area contributed by atoms with Crippen LogP contribution in [-0.2, 0) is 11.2 Å². The van der Waals surface area contributed by atoms with Gasteiger partial charge in [0.15, 0.2) is 0 Å². The van der Waals surface area contributed by atoms with Gasteiger partial charge >= 0.3 is 5.97 Å². The minimum Gasteiger partial charge on any atom is -0.507 e. The molecule has 0 bridgehead atoms. The highest BCUT2D eigenvalue weighted by atomic mass is 16.6. The van der Waals surface area contributed by atoms with Crippen LogP contribution in [0.25, 0.3) is 0 Å². The second kappa shape index (κ2) is 11.5. The number of phenols is 1. The van der Waals surface area contributed by atoms with Gasteiger partial charge in [0, 0.05) is 23.3 Å². The molecule has 3 aliphatic carbocycles. The van der Waals surface area contributed by atoms with Crippen LogP contribution in [0.2, 0.25) is 0 Å². The van der Waals surface area contributed by atoms with Gasteiger partial charge in [-0.15, -0.1) is 0 Å². The van der Waals surface area contributed by atoms with E-state index >= 15 is 0 Å². The van der Waals surface area contributed by atoms with Crippen molar-refractivity contribution in [3.05, 3.63) is 46.1 Å². The first kappa shape index (κ1) is 30.2. The first-order valence-corrected chi connectivity index (χ1v) is 16.5. The lowest BCUT2D eigenvalue weighted by molar-refractivity contribution is -0.0951. The summed E-state index contributed by atoms with van der Waals surface area (Å²) in [4.78, 5) is 14.3. The maximum absolute atomic E-state index is 14.3. The molecule has 0 spiro atoms. The van der Waals surface area contributed by atoms with Crippen molar-refractivity contribution in [2.45, 2.75) is 137 Å². The third kappa shape index (κ3) is 5.62. The number of esters is 1. The number of rotatable bonds is 7. The van der Waals surface area contributed by atoms with Crippen molar-refractivity contribution in [3.63, 3.8) is 0 Å². The first-order valence-electron chi connectivity index (χ1n) is 16.5. The Morgan fingerprint density at radius 2 is 1.73 bits per heavy atom. The molecule has 4 nitrogen and oxygen atoms in total. The van der Waals surface area contributed by atoms with Gasteiger partial charge in [0.05, 0.1) is 0 Å². The van der Waals surface area contributed by atoms with Gasteiger partial charge < -0.3 is 14.6 Å².